The highest BCUT2D eigenvalue weighted by Gasteiger charge is 2.27. The summed E-state index contributed by atoms with van der Waals surface area (Å²) in [5.74, 6) is 2.54. The largest absolute Gasteiger partial charge is 0.372 e. The van der Waals surface area contributed by atoms with Crippen molar-refractivity contribution in [3.63, 3.8) is 0 Å². The monoisotopic (exact) mass is 255 g/mol. The molecule has 0 spiro atoms. The van der Waals surface area contributed by atoms with Gasteiger partial charge in [0.1, 0.15) is 11.6 Å². The van der Waals surface area contributed by atoms with E-state index in [4.69, 9.17) is 0 Å². The van der Waals surface area contributed by atoms with Gasteiger partial charge in [-0.05, 0) is 35.2 Å². The van der Waals surface area contributed by atoms with Crippen molar-refractivity contribution >= 4 is 21.7 Å². The Morgan fingerprint density at radius 2 is 2.14 bits per heavy atom. The van der Waals surface area contributed by atoms with Crippen molar-refractivity contribution in [2.24, 2.45) is 0 Å². The lowest BCUT2D eigenvalue weighted by Crippen LogP contribution is -2.04. The fourth-order valence-electron chi connectivity index (χ4n) is 1.44. The van der Waals surface area contributed by atoms with Crippen LogP contribution in [-0.4, -0.2) is 17.0 Å². The molecule has 1 aromatic heterocycles. The zero-order valence-electron chi connectivity index (χ0n) is 8.47. The Hall–Kier alpha value is -0.640. The van der Waals surface area contributed by atoms with Crippen LogP contribution in [0.15, 0.2) is 4.47 Å². The molecular formula is C10H14BrN3. The zero-order chi connectivity index (χ0) is 10.1. The number of anilines is 1. The fourth-order valence-corrected chi connectivity index (χ4v) is 2.09. The smallest absolute Gasteiger partial charge is 0.144 e. The highest BCUT2D eigenvalue weighted by molar-refractivity contribution is 9.10. The van der Waals surface area contributed by atoms with Crippen LogP contribution in [0, 0.1) is 0 Å². The van der Waals surface area contributed by atoms with Crippen molar-refractivity contribution < 1.29 is 0 Å². The van der Waals surface area contributed by atoms with Crippen LogP contribution in [-0.2, 0) is 6.42 Å². The quantitative estimate of drug-likeness (QED) is 0.903. The van der Waals surface area contributed by atoms with Crippen molar-refractivity contribution in [2.45, 2.75) is 32.1 Å². The number of hydrogen-bond donors (Lipinski definition) is 1. The van der Waals surface area contributed by atoms with E-state index in [-0.39, 0.29) is 0 Å². The van der Waals surface area contributed by atoms with Crippen molar-refractivity contribution in [3.05, 3.63) is 16.0 Å². The fraction of sp³-hybridized carbons (Fsp3) is 0.600. The highest BCUT2D eigenvalue weighted by Crippen LogP contribution is 2.39. The zero-order valence-corrected chi connectivity index (χ0v) is 10.1. The van der Waals surface area contributed by atoms with Gasteiger partial charge in [0.05, 0.1) is 10.2 Å². The summed E-state index contributed by atoms with van der Waals surface area (Å²) in [6, 6.07) is 0. The van der Waals surface area contributed by atoms with Gasteiger partial charge in [-0.3, -0.25) is 0 Å². The van der Waals surface area contributed by atoms with Gasteiger partial charge in [0, 0.05) is 13.0 Å². The summed E-state index contributed by atoms with van der Waals surface area (Å²) in [6.45, 7) is 2.11. The molecule has 0 amide bonds. The van der Waals surface area contributed by atoms with Crippen molar-refractivity contribution in [1.29, 1.82) is 0 Å². The van der Waals surface area contributed by atoms with E-state index in [0.29, 0.717) is 5.92 Å². The average molecular weight is 256 g/mol. The van der Waals surface area contributed by atoms with Gasteiger partial charge in [-0.2, -0.15) is 0 Å². The van der Waals surface area contributed by atoms with Gasteiger partial charge in [0.15, 0.2) is 0 Å². The molecule has 76 valence electrons. The first-order valence-corrected chi connectivity index (χ1v) is 5.79. The molecule has 14 heavy (non-hydrogen) atoms. The summed E-state index contributed by atoms with van der Waals surface area (Å²) in [5.41, 5.74) is 1.10. The van der Waals surface area contributed by atoms with Crippen LogP contribution in [0.2, 0.25) is 0 Å². The summed E-state index contributed by atoms with van der Waals surface area (Å²) in [7, 11) is 1.89. The Kier molecular flexibility index (Phi) is 2.72. The number of nitrogens with zero attached hydrogens (tertiary/aromatic N) is 2. The SMILES string of the molecule is CCc1nc(C2CC2)nc(NC)c1Br. The number of aromatic nitrogens is 2. The van der Waals surface area contributed by atoms with E-state index in [9.17, 15) is 0 Å². The van der Waals surface area contributed by atoms with E-state index >= 15 is 0 Å². The summed E-state index contributed by atoms with van der Waals surface area (Å²) in [6.07, 6.45) is 3.43. The second-order valence-electron chi connectivity index (χ2n) is 3.57. The molecule has 0 aliphatic heterocycles. The molecule has 0 radical (unpaired) electrons. The van der Waals surface area contributed by atoms with Crippen LogP contribution in [0.1, 0.15) is 37.2 Å². The molecular weight excluding hydrogens is 242 g/mol. The van der Waals surface area contributed by atoms with E-state index in [1.165, 1.54) is 12.8 Å². The Labute approximate surface area is 92.5 Å². The van der Waals surface area contributed by atoms with Crippen molar-refractivity contribution in [2.75, 3.05) is 12.4 Å². The summed E-state index contributed by atoms with van der Waals surface area (Å²) in [5, 5.41) is 3.10. The van der Waals surface area contributed by atoms with Crippen molar-refractivity contribution in [1.82, 2.24) is 9.97 Å². The van der Waals surface area contributed by atoms with Crippen LogP contribution in [0.5, 0.6) is 0 Å². The molecule has 3 nitrogen and oxygen atoms in total. The molecule has 4 heteroatoms. The second kappa shape index (κ2) is 3.85. The van der Waals surface area contributed by atoms with Gasteiger partial charge in [0.25, 0.3) is 0 Å². The molecule has 0 saturated heterocycles. The molecule has 0 aromatic carbocycles. The molecule has 1 fully saturated rings. The Balaban J connectivity index is 2.43. The van der Waals surface area contributed by atoms with Crippen LogP contribution in [0.25, 0.3) is 0 Å². The topological polar surface area (TPSA) is 37.8 Å². The molecule has 1 aliphatic rings. The summed E-state index contributed by atoms with van der Waals surface area (Å²) >= 11 is 3.52. The maximum absolute atomic E-state index is 4.56. The van der Waals surface area contributed by atoms with Gasteiger partial charge in [0.2, 0.25) is 0 Å². The third kappa shape index (κ3) is 1.75. The van der Waals surface area contributed by atoms with Gasteiger partial charge in [-0.25, -0.2) is 9.97 Å². The maximum Gasteiger partial charge on any atom is 0.144 e. The number of nitrogens with one attached hydrogen (secondary N) is 1. The van der Waals surface area contributed by atoms with E-state index in [0.717, 1.165) is 28.2 Å². The first kappa shape index (κ1) is 9.90. The molecule has 1 heterocycles. The standard InChI is InChI=1S/C10H14BrN3/c1-3-7-8(11)10(12-2)14-9(13-7)6-4-5-6/h6H,3-5H2,1-2H3,(H,12,13,14). The second-order valence-corrected chi connectivity index (χ2v) is 4.36. The van der Waals surface area contributed by atoms with E-state index in [1.54, 1.807) is 0 Å². The Bertz CT molecular complexity index is 322. The molecule has 2 rings (SSSR count). The normalized spacial score (nSPS) is 15.6. The van der Waals surface area contributed by atoms with Crippen LogP contribution >= 0.6 is 15.9 Å². The lowest BCUT2D eigenvalue weighted by molar-refractivity contribution is 0.873. The minimum atomic E-state index is 0.612. The van der Waals surface area contributed by atoms with Gasteiger partial charge < -0.3 is 5.32 Å². The van der Waals surface area contributed by atoms with E-state index in [1.807, 2.05) is 7.05 Å². The lowest BCUT2D eigenvalue weighted by Gasteiger charge is -2.09. The Morgan fingerprint density at radius 1 is 1.43 bits per heavy atom. The molecule has 1 N–H and O–H groups in total. The predicted molar refractivity (Wildman–Crippen MR) is 60.6 cm³/mol. The van der Waals surface area contributed by atoms with Crippen LogP contribution in [0.4, 0.5) is 5.82 Å². The Morgan fingerprint density at radius 3 is 2.64 bits per heavy atom. The summed E-state index contributed by atoms with van der Waals surface area (Å²) in [4.78, 5) is 9.06. The number of halogens is 1. The van der Waals surface area contributed by atoms with Crippen molar-refractivity contribution in [3.8, 4) is 0 Å². The first-order valence-electron chi connectivity index (χ1n) is 5.00. The highest BCUT2D eigenvalue weighted by atomic mass is 79.9. The van der Waals surface area contributed by atoms with Crippen LogP contribution in [0.3, 0.4) is 0 Å². The molecule has 1 saturated carbocycles. The van der Waals surface area contributed by atoms with Gasteiger partial charge >= 0.3 is 0 Å². The third-order valence-electron chi connectivity index (χ3n) is 2.45. The number of rotatable bonds is 3. The molecule has 0 bridgehead atoms. The number of hydrogen-bond acceptors (Lipinski definition) is 3. The average Bonchev–Trinajstić information content (AvgIpc) is 3.02. The maximum atomic E-state index is 4.56. The number of aryl methyl sites for hydroxylation is 1. The predicted octanol–water partition coefficient (Wildman–Crippen LogP) is 2.72. The molecule has 1 aliphatic carbocycles. The van der Waals surface area contributed by atoms with E-state index < -0.39 is 0 Å². The molecule has 0 atom stereocenters. The first-order chi connectivity index (χ1) is 6.76. The van der Waals surface area contributed by atoms with Gasteiger partial charge in [-0.1, -0.05) is 6.92 Å². The van der Waals surface area contributed by atoms with Gasteiger partial charge in [-0.15, -0.1) is 0 Å². The summed E-state index contributed by atoms with van der Waals surface area (Å²) < 4.78 is 1.01. The minimum absolute atomic E-state index is 0.612. The molecule has 0 unspecified atom stereocenters. The van der Waals surface area contributed by atoms with Crippen LogP contribution < -0.4 is 5.32 Å². The third-order valence-corrected chi connectivity index (χ3v) is 3.28. The minimum Gasteiger partial charge on any atom is -0.372 e. The van der Waals surface area contributed by atoms with E-state index in [2.05, 4.69) is 38.1 Å². The molecule has 1 aromatic rings. The lowest BCUT2D eigenvalue weighted by atomic mass is 10.3.